The van der Waals surface area contributed by atoms with Crippen molar-refractivity contribution in [1.29, 1.82) is 0 Å². The number of fused-ring (bicyclic) bond motifs is 1. The third-order valence-electron chi connectivity index (χ3n) is 6.62. The predicted octanol–water partition coefficient (Wildman–Crippen LogP) is 4.26. The molecule has 1 atom stereocenters. The van der Waals surface area contributed by atoms with Crippen LogP contribution in [0.3, 0.4) is 0 Å². The van der Waals surface area contributed by atoms with Gasteiger partial charge in [0.15, 0.2) is 0 Å². The summed E-state index contributed by atoms with van der Waals surface area (Å²) in [5, 5.41) is 3.36. The molecule has 2 aromatic rings. The maximum absolute atomic E-state index is 13.5. The fourth-order valence-electron chi connectivity index (χ4n) is 4.75. The molecular formula is C23H29N3O3S. The lowest BCUT2D eigenvalue weighted by Crippen LogP contribution is -2.41. The van der Waals surface area contributed by atoms with E-state index >= 15 is 0 Å². The van der Waals surface area contributed by atoms with Crippen molar-refractivity contribution in [2.45, 2.75) is 42.9 Å². The fraction of sp³-hybridized carbons (Fsp3) is 0.435. The molecule has 2 heterocycles. The molecule has 0 spiro atoms. The van der Waals surface area contributed by atoms with Crippen molar-refractivity contribution < 1.29 is 13.9 Å². The number of carbonyl (C=O) groups is 1. The van der Waals surface area contributed by atoms with Crippen LogP contribution in [0.15, 0.2) is 48.5 Å². The monoisotopic (exact) mass is 427 g/mol. The molecule has 0 bridgehead atoms. The number of likely N-dealkylation sites (tertiary alicyclic amines) is 1. The van der Waals surface area contributed by atoms with E-state index in [9.17, 15) is 13.9 Å². The van der Waals surface area contributed by atoms with Crippen LogP contribution in [0.4, 0.5) is 5.69 Å². The fourth-order valence-corrected chi connectivity index (χ4v) is 6.05. The smallest absolute Gasteiger partial charge is 0.231 e. The Hall–Kier alpha value is -2.06. The normalized spacial score (nSPS) is 23.3. The molecule has 4 N–H and O–H groups in total. The second-order valence-electron chi connectivity index (χ2n) is 8.81. The van der Waals surface area contributed by atoms with Crippen molar-refractivity contribution in [2.24, 2.45) is 0 Å². The number of rotatable bonds is 6. The summed E-state index contributed by atoms with van der Waals surface area (Å²) in [5.74, 6) is 0.281. The minimum absolute atomic E-state index is 0.0302. The molecule has 3 aliphatic rings. The van der Waals surface area contributed by atoms with E-state index in [0.29, 0.717) is 0 Å². The molecule has 2 aromatic carbocycles. The number of benzene rings is 2. The number of carbonyl (C=O) groups excluding carboxylic acids is 1. The molecule has 160 valence electrons. The minimum atomic E-state index is -2.79. The highest BCUT2D eigenvalue weighted by atomic mass is 32.3. The molecule has 30 heavy (non-hydrogen) atoms. The van der Waals surface area contributed by atoms with Crippen LogP contribution in [0.5, 0.6) is 0 Å². The summed E-state index contributed by atoms with van der Waals surface area (Å²) in [6.45, 7) is 3.02. The Labute approximate surface area is 179 Å². The highest BCUT2D eigenvalue weighted by Crippen LogP contribution is 2.54. The zero-order chi connectivity index (χ0) is 20.8. The third-order valence-corrected chi connectivity index (χ3v) is 7.88. The number of anilines is 1. The zero-order valence-electron chi connectivity index (χ0n) is 17.0. The number of amides is 1. The molecule has 5 rings (SSSR count). The molecule has 0 aromatic heterocycles. The molecule has 0 radical (unpaired) electrons. The molecule has 1 amide bonds. The van der Waals surface area contributed by atoms with E-state index < -0.39 is 16.2 Å². The maximum Gasteiger partial charge on any atom is 0.231 e. The average molecular weight is 428 g/mol. The van der Waals surface area contributed by atoms with Crippen molar-refractivity contribution in [2.75, 3.05) is 24.4 Å². The maximum atomic E-state index is 13.5. The van der Waals surface area contributed by atoms with E-state index in [4.69, 9.17) is 0 Å². The summed E-state index contributed by atoms with van der Waals surface area (Å²) >= 11 is 0. The Morgan fingerprint density at radius 1 is 1.13 bits per heavy atom. The summed E-state index contributed by atoms with van der Waals surface area (Å²) in [7, 11) is -2.79. The van der Waals surface area contributed by atoms with Gasteiger partial charge in [0.1, 0.15) is 0 Å². The van der Waals surface area contributed by atoms with E-state index in [-0.39, 0.29) is 17.7 Å². The van der Waals surface area contributed by atoms with Crippen LogP contribution < -0.4 is 10.0 Å². The number of hydrogen-bond acceptors (Lipinski definition) is 5. The quantitative estimate of drug-likeness (QED) is 0.553. The van der Waals surface area contributed by atoms with Crippen LogP contribution in [0.1, 0.15) is 48.4 Å². The lowest BCUT2D eigenvalue weighted by Gasteiger charge is -2.27. The lowest BCUT2D eigenvalue weighted by atomic mass is 9.92. The van der Waals surface area contributed by atoms with Crippen molar-refractivity contribution in [1.82, 2.24) is 10.2 Å². The van der Waals surface area contributed by atoms with Crippen LogP contribution in [0, 0.1) is 0 Å². The van der Waals surface area contributed by atoms with Crippen molar-refractivity contribution in [3.63, 3.8) is 0 Å². The molecule has 1 saturated heterocycles. The molecule has 2 aliphatic heterocycles. The topological polar surface area (TPSA) is 84.8 Å². The van der Waals surface area contributed by atoms with Gasteiger partial charge in [-0.15, -0.1) is 10.8 Å². The molecule has 0 unspecified atom stereocenters. The van der Waals surface area contributed by atoms with Gasteiger partial charge >= 0.3 is 0 Å². The van der Waals surface area contributed by atoms with E-state index in [0.717, 1.165) is 54.9 Å². The van der Waals surface area contributed by atoms with E-state index in [1.165, 1.54) is 12.8 Å². The summed E-state index contributed by atoms with van der Waals surface area (Å²) in [6, 6.07) is 16.0. The van der Waals surface area contributed by atoms with Crippen LogP contribution in [0.25, 0.3) is 0 Å². The Kier molecular flexibility index (Phi) is 5.01. The first-order valence-corrected chi connectivity index (χ1v) is 12.4. The van der Waals surface area contributed by atoms with Gasteiger partial charge in [-0.25, -0.2) is 0 Å². The number of nitrogens with one attached hydrogen (secondary N) is 2. The van der Waals surface area contributed by atoms with E-state index in [1.54, 1.807) is 0 Å². The predicted molar refractivity (Wildman–Crippen MR) is 121 cm³/mol. The van der Waals surface area contributed by atoms with Crippen molar-refractivity contribution in [3.05, 3.63) is 65.2 Å². The number of hydrogen-bond donors (Lipinski definition) is 4. The van der Waals surface area contributed by atoms with Crippen molar-refractivity contribution in [3.8, 4) is 0 Å². The third kappa shape index (κ3) is 3.83. The van der Waals surface area contributed by atoms with E-state index in [1.807, 2.05) is 36.4 Å². The van der Waals surface area contributed by atoms with E-state index in [2.05, 4.69) is 27.1 Å². The van der Waals surface area contributed by atoms with Gasteiger partial charge in [0.05, 0.1) is 22.9 Å². The van der Waals surface area contributed by atoms with Gasteiger partial charge in [0.25, 0.3) is 0 Å². The highest BCUT2D eigenvalue weighted by Gasteiger charge is 2.52. The van der Waals surface area contributed by atoms with Gasteiger partial charge in [0, 0.05) is 6.54 Å². The van der Waals surface area contributed by atoms with Gasteiger partial charge in [-0.05, 0) is 61.5 Å². The van der Waals surface area contributed by atoms with Crippen LogP contribution in [-0.2, 0) is 16.0 Å². The second-order valence-corrected chi connectivity index (χ2v) is 10.6. The summed E-state index contributed by atoms with van der Waals surface area (Å²) < 4.78 is 22.7. The first-order chi connectivity index (χ1) is 14.5. The Bertz CT molecular complexity index is 940. The second kappa shape index (κ2) is 7.57. The highest BCUT2D eigenvalue weighted by molar-refractivity contribution is 8.25. The Balaban J connectivity index is 1.36. The summed E-state index contributed by atoms with van der Waals surface area (Å²) in [5.41, 5.74) is 3.25. The molecule has 1 saturated carbocycles. The summed E-state index contributed by atoms with van der Waals surface area (Å²) in [4.78, 5) is 15.9. The van der Waals surface area contributed by atoms with Crippen LogP contribution in [0.2, 0.25) is 0 Å². The molecule has 6 nitrogen and oxygen atoms in total. The number of nitrogens with zero attached hydrogens (tertiary/aromatic N) is 1. The first kappa shape index (κ1) is 19.9. The summed E-state index contributed by atoms with van der Waals surface area (Å²) in [6.07, 6.45) is 4.10. The van der Waals surface area contributed by atoms with Gasteiger partial charge < -0.3 is 10.2 Å². The molecule has 7 heteroatoms. The van der Waals surface area contributed by atoms with Crippen LogP contribution >= 0.6 is 10.8 Å². The SMILES string of the molecule is O=C(N[C@H](CN1CCCC1)c1ccccc1)C1(c2ccc3c(c2)CS(O)(O)N3)CC1. The minimum Gasteiger partial charge on any atom is -0.347 e. The molecule has 2 fully saturated rings. The zero-order valence-corrected chi connectivity index (χ0v) is 17.8. The molecule has 1 aliphatic carbocycles. The van der Waals surface area contributed by atoms with Gasteiger partial charge in [-0.2, -0.15) is 0 Å². The molecular weight excluding hydrogens is 398 g/mol. The average Bonchev–Trinajstić information content (AvgIpc) is 3.26. The standard InChI is InChI=1S/C23H29N3O3S/c27-22(24-21(15-26-12-4-5-13-26)17-6-2-1-3-7-17)23(10-11-23)19-8-9-20-18(14-19)16-30(28,29)25-20/h1-3,6-9,14,21,25,28-29H,4-5,10-13,15-16H2,(H,24,27)/t21-/m1/s1. The Morgan fingerprint density at radius 2 is 1.87 bits per heavy atom. The van der Waals surface area contributed by atoms with Gasteiger partial charge in [0.2, 0.25) is 5.91 Å². The van der Waals surface area contributed by atoms with Crippen LogP contribution in [-0.4, -0.2) is 39.5 Å². The van der Waals surface area contributed by atoms with Crippen molar-refractivity contribution >= 4 is 22.4 Å². The first-order valence-electron chi connectivity index (χ1n) is 10.7. The lowest BCUT2D eigenvalue weighted by molar-refractivity contribution is -0.124. The Morgan fingerprint density at radius 3 is 2.57 bits per heavy atom. The van der Waals surface area contributed by atoms with Gasteiger partial charge in [-0.1, -0.05) is 42.5 Å². The van der Waals surface area contributed by atoms with Gasteiger partial charge in [-0.3, -0.25) is 18.6 Å². The largest absolute Gasteiger partial charge is 0.347 e.